The van der Waals surface area contributed by atoms with E-state index in [1.807, 2.05) is 0 Å². The average Bonchev–Trinajstić information content (AvgIpc) is 2.64. The third kappa shape index (κ3) is 5.13. The number of carbonyl (C=O) groups is 1. The summed E-state index contributed by atoms with van der Waals surface area (Å²) in [6.45, 7) is -0.0160. The van der Waals surface area contributed by atoms with Gasteiger partial charge in [-0.2, -0.15) is 18.4 Å². The molecular formula is C20H13F3N2O2. The summed E-state index contributed by atoms with van der Waals surface area (Å²) < 4.78 is 44.4. The van der Waals surface area contributed by atoms with Crippen molar-refractivity contribution in [1.82, 2.24) is 0 Å². The first-order valence-electron chi connectivity index (χ1n) is 7.61. The first-order valence-corrected chi connectivity index (χ1v) is 7.61. The first-order chi connectivity index (χ1) is 12.9. The first kappa shape index (κ1) is 19.6. The summed E-state index contributed by atoms with van der Waals surface area (Å²) in [5.41, 5.74) is -1.44. The lowest BCUT2D eigenvalue weighted by Crippen LogP contribution is -2.17. The molecule has 1 amide bonds. The van der Waals surface area contributed by atoms with Gasteiger partial charge < -0.3 is 10.1 Å². The fourth-order valence-corrected chi connectivity index (χ4v) is 2.18. The van der Waals surface area contributed by atoms with Crippen molar-refractivity contribution >= 4 is 17.7 Å². The van der Waals surface area contributed by atoms with Crippen molar-refractivity contribution in [3.8, 4) is 24.2 Å². The van der Waals surface area contributed by atoms with Gasteiger partial charge >= 0.3 is 6.18 Å². The number of anilines is 1. The Balaban J connectivity index is 2.33. The van der Waals surface area contributed by atoms with Crippen LogP contribution in [0.15, 0.2) is 54.1 Å². The highest BCUT2D eigenvalue weighted by molar-refractivity contribution is 6.10. The molecule has 2 aromatic carbocycles. The summed E-state index contributed by atoms with van der Waals surface area (Å²) >= 11 is 0. The number of para-hydroxylation sites is 2. The van der Waals surface area contributed by atoms with E-state index in [0.29, 0.717) is 11.3 Å². The highest BCUT2D eigenvalue weighted by Crippen LogP contribution is 2.34. The Kier molecular flexibility index (Phi) is 6.24. The van der Waals surface area contributed by atoms with E-state index < -0.39 is 23.3 Å². The summed E-state index contributed by atoms with van der Waals surface area (Å²) in [4.78, 5) is 12.3. The van der Waals surface area contributed by atoms with Gasteiger partial charge in [-0.1, -0.05) is 36.3 Å². The minimum absolute atomic E-state index is 0.0160. The smallest absolute Gasteiger partial charge is 0.418 e. The molecule has 0 radical (unpaired) electrons. The molecule has 0 aliphatic heterocycles. The number of nitrogens with zero attached hydrogens (tertiary/aromatic N) is 1. The van der Waals surface area contributed by atoms with Crippen LogP contribution in [0.1, 0.15) is 11.1 Å². The Morgan fingerprint density at radius 1 is 1.19 bits per heavy atom. The molecule has 2 rings (SSSR count). The van der Waals surface area contributed by atoms with Crippen LogP contribution in [0, 0.1) is 23.7 Å². The maximum Gasteiger partial charge on any atom is 0.418 e. The molecule has 0 saturated carbocycles. The summed E-state index contributed by atoms with van der Waals surface area (Å²) in [7, 11) is 0. The predicted octanol–water partition coefficient (Wildman–Crippen LogP) is 4.26. The molecule has 0 saturated heterocycles. The summed E-state index contributed by atoms with van der Waals surface area (Å²) in [5, 5.41) is 11.4. The zero-order valence-corrected chi connectivity index (χ0v) is 13.9. The van der Waals surface area contributed by atoms with Crippen molar-refractivity contribution in [2.75, 3.05) is 11.9 Å². The van der Waals surface area contributed by atoms with E-state index >= 15 is 0 Å². The van der Waals surface area contributed by atoms with Crippen molar-refractivity contribution in [1.29, 1.82) is 5.26 Å². The molecule has 0 fully saturated rings. The molecule has 136 valence electrons. The largest absolute Gasteiger partial charge is 0.480 e. The fourth-order valence-electron chi connectivity index (χ4n) is 2.18. The van der Waals surface area contributed by atoms with Crippen LogP contribution >= 0.6 is 0 Å². The van der Waals surface area contributed by atoms with Gasteiger partial charge in [-0.15, -0.1) is 6.42 Å². The molecule has 0 unspecified atom stereocenters. The van der Waals surface area contributed by atoms with Gasteiger partial charge in [0.2, 0.25) is 0 Å². The van der Waals surface area contributed by atoms with Gasteiger partial charge in [0.25, 0.3) is 5.91 Å². The van der Waals surface area contributed by atoms with Gasteiger partial charge in [-0.3, -0.25) is 4.79 Å². The van der Waals surface area contributed by atoms with Gasteiger partial charge in [-0.05, 0) is 24.3 Å². The average molecular weight is 370 g/mol. The van der Waals surface area contributed by atoms with Gasteiger partial charge in [0.15, 0.2) is 0 Å². The zero-order chi connectivity index (χ0) is 19.9. The number of hydrogen-bond acceptors (Lipinski definition) is 3. The van der Waals surface area contributed by atoms with Crippen molar-refractivity contribution in [3.63, 3.8) is 0 Å². The second kappa shape index (κ2) is 8.59. The number of alkyl halides is 3. The molecule has 0 bridgehead atoms. The fraction of sp³-hybridized carbons (Fsp3) is 0.100. The lowest BCUT2D eigenvalue weighted by molar-refractivity contribution is -0.137. The van der Waals surface area contributed by atoms with Crippen LogP contribution in [-0.4, -0.2) is 12.5 Å². The highest BCUT2D eigenvalue weighted by Gasteiger charge is 2.33. The molecule has 4 nitrogen and oxygen atoms in total. The molecule has 2 aromatic rings. The topological polar surface area (TPSA) is 62.1 Å². The highest BCUT2D eigenvalue weighted by atomic mass is 19.4. The molecule has 0 aliphatic carbocycles. The molecule has 0 spiro atoms. The van der Waals surface area contributed by atoms with Crippen LogP contribution < -0.4 is 10.1 Å². The molecule has 0 heterocycles. The Hall–Kier alpha value is -3.71. The number of carbonyl (C=O) groups excluding carboxylic acids is 1. The van der Waals surface area contributed by atoms with Gasteiger partial charge in [0.05, 0.1) is 11.3 Å². The van der Waals surface area contributed by atoms with Crippen molar-refractivity contribution in [3.05, 3.63) is 65.2 Å². The quantitative estimate of drug-likeness (QED) is 0.486. The second-order valence-corrected chi connectivity index (χ2v) is 5.20. The lowest BCUT2D eigenvalue weighted by Gasteiger charge is -2.13. The normalized spacial score (nSPS) is 11.2. The second-order valence-electron chi connectivity index (χ2n) is 5.20. The standard InChI is InChI=1S/C20H13F3N2O2/c1-2-11-27-18-10-6-3-7-14(18)12-15(13-24)19(26)25-17-9-5-4-8-16(17)20(21,22)23/h1,3-10,12H,11H2,(H,25,26)/b15-12+. The van der Waals surface area contributed by atoms with Crippen LogP contribution in [0.5, 0.6) is 5.75 Å². The Morgan fingerprint density at radius 2 is 1.85 bits per heavy atom. The molecule has 1 N–H and O–H groups in total. The summed E-state index contributed by atoms with van der Waals surface area (Å²) in [6, 6.07) is 12.7. The van der Waals surface area contributed by atoms with E-state index in [4.69, 9.17) is 11.2 Å². The van der Waals surface area contributed by atoms with Crippen LogP contribution in [0.2, 0.25) is 0 Å². The van der Waals surface area contributed by atoms with E-state index in [-0.39, 0.29) is 12.2 Å². The number of amides is 1. The van der Waals surface area contributed by atoms with Crippen LogP contribution in [0.25, 0.3) is 6.08 Å². The number of nitriles is 1. The zero-order valence-electron chi connectivity index (χ0n) is 13.9. The SMILES string of the molecule is C#CCOc1ccccc1/C=C(\C#N)C(=O)Nc1ccccc1C(F)(F)F. The third-order valence-corrected chi connectivity index (χ3v) is 3.38. The van der Waals surface area contributed by atoms with E-state index in [1.54, 1.807) is 30.3 Å². The number of hydrogen-bond donors (Lipinski definition) is 1. The Bertz CT molecular complexity index is 951. The summed E-state index contributed by atoms with van der Waals surface area (Å²) in [6.07, 6.45) is 1.72. The van der Waals surface area contributed by atoms with Crippen LogP contribution in [-0.2, 0) is 11.0 Å². The maximum atomic E-state index is 13.0. The number of ether oxygens (including phenoxy) is 1. The minimum Gasteiger partial charge on any atom is -0.480 e. The molecule has 0 atom stereocenters. The number of halogens is 3. The number of rotatable bonds is 5. The van der Waals surface area contributed by atoms with E-state index in [2.05, 4.69) is 11.2 Å². The molecular weight excluding hydrogens is 357 g/mol. The Labute approximate surface area is 153 Å². The lowest BCUT2D eigenvalue weighted by atomic mass is 10.1. The molecule has 0 aliphatic rings. The van der Waals surface area contributed by atoms with Crippen LogP contribution in [0.4, 0.5) is 18.9 Å². The van der Waals surface area contributed by atoms with Gasteiger partial charge in [0.1, 0.15) is 24.0 Å². The predicted molar refractivity (Wildman–Crippen MR) is 94.4 cm³/mol. The van der Waals surface area contributed by atoms with Gasteiger partial charge in [-0.25, -0.2) is 0 Å². The van der Waals surface area contributed by atoms with Crippen LogP contribution in [0.3, 0.4) is 0 Å². The van der Waals surface area contributed by atoms with Crippen molar-refractivity contribution in [2.24, 2.45) is 0 Å². The number of nitrogens with one attached hydrogen (secondary N) is 1. The maximum absolute atomic E-state index is 13.0. The molecule has 27 heavy (non-hydrogen) atoms. The molecule has 7 heteroatoms. The third-order valence-electron chi connectivity index (χ3n) is 3.38. The Morgan fingerprint density at radius 3 is 2.52 bits per heavy atom. The van der Waals surface area contributed by atoms with E-state index in [1.165, 1.54) is 18.2 Å². The van der Waals surface area contributed by atoms with Gasteiger partial charge in [0, 0.05) is 5.56 Å². The van der Waals surface area contributed by atoms with E-state index in [9.17, 15) is 23.2 Å². The monoisotopic (exact) mass is 370 g/mol. The molecule has 0 aromatic heterocycles. The van der Waals surface area contributed by atoms with E-state index in [0.717, 1.165) is 12.1 Å². The minimum atomic E-state index is -4.64. The number of benzene rings is 2. The van der Waals surface area contributed by atoms with Crippen molar-refractivity contribution < 1.29 is 22.7 Å². The van der Waals surface area contributed by atoms with Crippen molar-refractivity contribution in [2.45, 2.75) is 6.18 Å². The number of terminal acetylenes is 1. The summed E-state index contributed by atoms with van der Waals surface area (Å²) in [5.74, 6) is 1.66.